The van der Waals surface area contributed by atoms with Gasteiger partial charge in [0, 0.05) is 9.80 Å². The van der Waals surface area contributed by atoms with Crippen molar-refractivity contribution in [1.82, 2.24) is 0 Å². The summed E-state index contributed by atoms with van der Waals surface area (Å²) in [5.74, 6) is 0. The summed E-state index contributed by atoms with van der Waals surface area (Å²) in [6.07, 6.45) is 0. The van der Waals surface area contributed by atoms with Crippen LogP contribution in [0.5, 0.6) is 0 Å². The number of alkyl halides is 1. The summed E-state index contributed by atoms with van der Waals surface area (Å²) in [5.41, 5.74) is 0.860. The molecule has 0 radical (unpaired) electrons. The summed E-state index contributed by atoms with van der Waals surface area (Å²) < 4.78 is 22.7. The summed E-state index contributed by atoms with van der Waals surface area (Å²) in [6.45, 7) is 0. The van der Waals surface area contributed by atoms with Crippen LogP contribution in [0.25, 0.3) is 0 Å². The van der Waals surface area contributed by atoms with Gasteiger partial charge in [-0.05, 0) is 23.8 Å². The molecule has 0 bridgehead atoms. The van der Waals surface area contributed by atoms with Crippen molar-refractivity contribution in [3.8, 4) is 0 Å². The predicted molar refractivity (Wildman–Crippen MR) is 58.1 cm³/mol. The van der Waals surface area contributed by atoms with Crippen LogP contribution in [0.2, 0.25) is 0 Å². The minimum absolute atomic E-state index is 0.122. The van der Waals surface area contributed by atoms with Crippen molar-refractivity contribution in [3.63, 3.8) is 0 Å². The highest BCUT2D eigenvalue weighted by Gasteiger charge is 2.09. The van der Waals surface area contributed by atoms with E-state index in [2.05, 4.69) is 31.9 Å². The second-order valence-corrected chi connectivity index (χ2v) is 5.51. The molecule has 0 saturated heterocycles. The Morgan fingerprint density at radius 3 is 2.38 bits per heavy atom. The smallest absolute Gasteiger partial charge is 0.225 e. The summed E-state index contributed by atoms with van der Waals surface area (Å²) in [5, 5.41) is 5.58. The van der Waals surface area contributed by atoms with Crippen molar-refractivity contribution in [2.45, 2.75) is 10.2 Å². The molecule has 6 heteroatoms. The molecule has 72 valence electrons. The van der Waals surface area contributed by atoms with E-state index < -0.39 is 10.0 Å². The molecule has 0 heterocycles. The molecule has 0 atom stereocenters. The van der Waals surface area contributed by atoms with E-state index in [0.29, 0.717) is 9.80 Å². The van der Waals surface area contributed by atoms with Crippen LogP contribution < -0.4 is 5.14 Å². The first-order chi connectivity index (χ1) is 5.93. The van der Waals surface area contributed by atoms with Crippen molar-refractivity contribution in [2.75, 3.05) is 0 Å². The van der Waals surface area contributed by atoms with E-state index in [0.717, 1.165) is 5.56 Å². The Morgan fingerprint density at radius 1 is 1.31 bits per heavy atom. The first-order valence-corrected chi connectivity index (χ1v) is 6.78. The van der Waals surface area contributed by atoms with E-state index in [4.69, 9.17) is 5.14 Å². The molecule has 0 amide bonds. The molecule has 0 unspecified atom stereocenters. The molecule has 1 rings (SSSR count). The summed E-state index contributed by atoms with van der Waals surface area (Å²) >= 11 is 6.44. The number of benzene rings is 1. The quantitative estimate of drug-likeness (QED) is 0.844. The third-order valence-corrected chi connectivity index (χ3v) is 3.41. The van der Waals surface area contributed by atoms with E-state index >= 15 is 0 Å². The van der Waals surface area contributed by atoms with Crippen LogP contribution >= 0.6 is 31.9 Å². The third-order valence-electron chi connectivity index (χ3n) is 1.41. The Labute approximate surface area is 93.6 Å². The summed E-state index contributed by atoms with van der Waals surface area (Å²) in [6, 6.07) is 4.83. The van der Waals surface area contributed by atoms with E-state index in [1.807, 2.05) is 6.07 Å². The van der Waals surface area contributed by atoms with Gasteiger partial charge in [-0.15, -0.1) is 0 Å². The van der Waals surface area contributed by atoms with Gasteiger partial charge in [0.05, 0.1) is 4.90 Å². The lowest BCUT2D eigenvalue weighted by atomic mass is 10.2. The van der Waals surface area contributed by atoms with Crippen LogP contribution in [0.1, 0.15) is 5.56 Å². The van der Waals surface area contributed by atoms with Gasteiger partial charge in [0.15, 0.2) is 0 Å². The van der Waals surface area contributed by atoms with Gasteiger partial charge in [-0.1, -0.05) is 31.9 Å². The highest BCUT2D eigenvalue weighted by atomic mass is 79.9. The van der Waals surface area contributed by atoms with Crippen LogP contribution in [0.3, 0.4) is 0 Å². The first-order valence-electron chi connectivity index (χ1n) is 3.32. The van der Waals surface area contributed by atoms with Crippen molar-refractivity contribution in [3.05, 3.63) is 28.2 Å². The first kappa shape index (κ1) is 11.2. The number of primary sulfonamides is 1. The number of rotatable bonds is 2. The SMILES string of the molecule is NS(=O)(=O)c1cc(Br)cc(CBr)c1. The molecule has 13 heavy (non-hydrogen) atoms. The number of sulfonamides is 1. The maximum absolute atomic E-state index is 11.0. The number of nitrogens with two attached hydrogens (primary N) is 1. The van der Waals surface area contributed by atoms with Gasteiger partial charge in [0.2, 0.25) is 10.0 Å². The summed E-state index contributed by atoms with van der Waals surface area (Å²) in [4.78, 5) is 0.122. The van der Waals surface area contributed by atoms with Crippen LogP contribution in [-0.4, -0.2) is 8.42 Å². The highest BCUT2D eigenvalue weighted by molar-refractivity contribution is 9.10. The standard InChI is InChI=1S/C7H7Br2NO2S/c8-4-5-1-6(9)3-7(2-5)13(10,11)12/h1-3H,4H2,(H2,10,11,12). The van der Waals surface area contributed by atoms with Gasteiger partial charge >= 0.3 is 0 Å². The second-order valence-electron chi connectivity index (χ2n) is 2.47. The molecule has 0 aliphatic rings. The molecular formula is C7H7Br2NO2S. The average Bonchev–Trinajstić information content (AvgIpc) is 2.01. The zero-order valence-electron chi connectivity index (χ0n) is 6.50. The lowest BCUT2D eigenvalue weighted by molar-refractivity contribution is 0.597. The Morgan fingerprint density at radius 2 is 1.92 bits per heavy atom. The topological polar surface area (TPSA) is 60.2 Å². The van der Waals surface area contributed by atoms with Gasteiger partial charge in [-0.2, -0.15) is 0 Å². The fourth-order valence-electron chi connectivity index (χ4n) is 0.862. The predicted octanol–water partition coefficient (Wildman–Crippen LogP) is 1.99. The van der Waals surface area contributed by atoms with Crippen LogP contribution in [-0.2, 0) is 15.4 Å². The summed E-state index contributed by atoms with van der Waals surface area (Å²) in [7, 11) is -3.61. The average molecular weight is 329 g/mol. The number of halogens is 2. The number of hydrogen-bond acceptors (Lipinski definition) is 2. The normalized spacial score (nSPS) is 11.6. The minimum atomic E-state index is -3.61. The van der Waals surface area contributed by atoms with Crippen molar-refractivity contribution >= 4 is 41.9 Å². The Kier molecular flexibility index (Phi) is 3.50. The van der Waals surface area contributed by atoms with Crippen LogP contribution in [0.15, 0.2) is 27.6 Å². The van der Waals surface area contributed by atoms with Crippen LogP contribution in [0.4, 0.5) is 0 Å². The van der Waals surface area contributed by atoms with Gasteiger partial charge in [-0.3, -0.25) is 0 Å². The van der Waals surface area contributed by atoms with E-state index in [-0.39, 0.29) is 4.90 Å². The van der Waals surface area contributed by atoms with Gasteiger partial charge in [0.1, 0.15) is 0 Å². The Hall–Kier alpha value is 0.0900. The van der Waals surface area contributed by atoms with Crippen molar-refractivity contribution < 1.29 is 8.42 Å². The van der Waals surface area contributed by atoms with E-state index in [1.165, 1.54) is 12.1 Å². The molecule has 1 aromatic rings. The second kappa shape index (κ2) is 4.08. The molecule has 0 aliphatic heterocycles. The molecule has 1 aromatic carbocycles. The maximum Gasteiger partial charge on any atom is 0.238 e. The minimum Gasteiger partial charge on any atom is -0.225 e. The monoisotopic (exact) mass is 327 g/mol. The molecule has 0 aliphatic carbocycles. The van der Waals surface area contributed by atoms with Gasteiger partial charge in [0.25, 0.3) is 0 Å². The fraction of sp³-hybridized carbons (Fsp3) is 0.143. The molecule has 0 aromatic heterocycles. The largest absolute Gasteiger partial charge is 0.238 e. The van der Waals surface area contributed by atoms with E-state index in [9.17, 15) is 8.42 Å². The fourth-order valence-corrected chi connectivity index (χ4v) is 2.48. The van der Waals surface area contributed by atoms with Gasteiger partial charge in [-0.25, -0.2) is 13.6 Å². The number of hydrogen-bond donors (Lipinski definition) is 1. The molecule has 0 saturated carbocycles. The third kappa shape index (κ3) is 3.05. The van der Waals surface area contributed by atoms with E-state index in [1.54, 1.807) is 0 Å². The lowest BCUT2D eigenvalue weighted by Crippen LogP contribution is -2.12. The molecule has 0 fully saturated rings. The molecule has 3 nitrogen and oxygen atoms in total. The maximum atomic E-state index is 11.0. The Balaban J connectivity index is 3.33. The Bertz CT molecular complexity index is 417. The molecule has 0 spiro atoms. The molecule has 2 N–H and O–H groups in total. The zero-order chi connectivity index (χ0) is 10.1. The zero-order valence-corrected chi connectivity index (χ0v) is 10.5. The lowest BCUT2D eigenvalue weighted by Gasteiger charge is -2.02. The van der Waals surface area contributed by atoms with Crippen molar-refractivity contribution in [1.29, 1.82) is 0 Å². The highest BCUT2D eigenvalue weighted by Crippen LogP contribution is 2.20. The molecular weight excluding hydrogens is 322 g/mol. The van der Waals surface area contributed by atoms with Gasteiger partial charge < -0.3 is 0 Å². The van der Waals surface area contributed by atoms with Crippen molar-refractivity contribution in [2.24, 2.45) is 5.14 Å². The van der Waals surface area contributed by atoms with Crippen LogP contribution in [0, 0.1) is 0 Å².